The number of aryl methyl sites for hydroxylation is 1. The summed E-state index contributed by atoms with van der Waals surface area (Å²) in [6.45, 7) is 3.29. The highest BCUT2D eigenvalue weighted by molar-refractivity contribution is 5.98. The minimum atomic E-state index is -1.64. The van der Waals surface area contributed by atoms with Gasteiger partial charge in [-0.3, -0.25) is 9.48 Å². The Morgan fingerprint density at radius 2 is 2.43 bits per heavy atom. The monoisotopic (exact) mass is 197 g/mol. The molecule has 1 amide bonds. The van der Waals surface area contributed by atoms with E-state index in [0.717, 1.165) is 6.08 Å². The van der Waals surface area contributed by atoms with E-state index in [2.05, 4.69) is 17.0 Å². The van der Waals surface area contributed by atoms with E-state index >= 15 is 0 Å². The molecule has 0 aromatic carbocycles. The highest BCUT2D eigenvalue weighted by Gasteiger charge is 2.11. The highest BCUT2D eigenvalue weighted by atomic mass is 16.5. The van der Waals surface area contributed by atoms with Gasteiger partial charge in [-0.25, -0.2) is 0 Å². The first kappa shape index (κ1) is 10.4. The number of rotatable bonds is 3. The highest BCUT2D eigenvalue weighted by Crippen LogP contribution is 2.13. The number of hydrogen-bond acceptors (Lipinski definition) is 4. The van der Waals surface area contributed by atoms with E-state index in [0.29, 0.717) is 5.82 Å². The van der Waals surface area contributed by atoms with Crippen LogP contribution < -0.4 is 5.32 Å². The standard InChI is InChI=1S/C8H11N3O3/c1-3-7(12)9-6-4-5(8(13)14)10-11(6)2/h3-4,8,13-14H,1H2,2H3,(H,9,12). The van der Waals surface area contributed by atoms with Crippen LogP contribution in [0.2, 0.25) is 0 Å². The number of aliphatic hydroxyl groups is 2. The lowest BCUT2D eigenvalue weighted by Crippen LogP contribution is -2.10. The van der Waals surface area contributed by atoms with E-state index < -0.39 is 6.29 Å². The molecule has 1 aromatic rings. The van der Waals surface area contributed by atoms with Crippen molar-refractivity contribution in [2.24, 2.45) is 7.05 Å². The maximum absolute atomic E-state index is 10.9. The fourth-order valence-corrected chi connectivity index (χ4v) is 0.910. The molecule has 0 saturated heterocycles. The third-order valence-electron chi connectivity index (χ3n) is 1.60. The quantitative estimate of drug-likeness (QED) is 0.451. The molecule has 1 heterocycles. The summed E-state index contributed by atoms with van der Waals surface area (Å²) in [7, 11) is 1.57. The van der Waals surface area contributed by atoms with Crippen LogP contribution in [0, 0.1) is 0 Å². The average molecular weight is 197 g/mol. The maximum Gasteiger partial charge on any atom is 0.248 e. The van der Waals surface area contributed by atoms with Gasteiger partial charge in [0.1, 0.15) is 11.5 Å². The molecule has 3 N–H and O–H groups in total. The molecule has 0 atom stereocenters. The predicted molar refractivity (Wildman–Crippen MR) is 49.2 cm³/mol. The fourth-order valence-electron chi connectivity index (χ4n) is 0.910. The zero-order chi connectivity index (χ0) is 10.7. The predicted octanol–water partition coefficient (Wildman–Crippen LogP) is -0.472. The van der Waals surface area contributed by atoms with Gasteiger partial charge in [-0.1, -0.05) is 6.58 Å². The van der Waals surface area contributed by atoms with E-state index in [4.69, 9.17) is 10.2 Å². The Labute approximate surface area is 80.5 Å². The molecule has 0 aliphatic heterocycles. The molecule has 0 spiro atoms. The Morgan fingerprint density at radius 1 is 1.79 bits per heavy atom. The molecule has 14 heavy (non-hydrogen) atoms. The van der Waals surface area contributed by atoms with Crippen LogP contribution in [0.3, 0.4) is 0 Å². The summed E-state index contributed by atoms with van der Waals surface area (Å²) >= 11 is 0. The lowest BCUT2D eigenvalue weighted by Gasteiger charge is -1.99. The second-order valence-corrected chi connectivity index (χ2v) is 2.65. The van der Waals surface area contributed by atoms with E-state index in [9.17, 15) is 4.79 Å². The van der Waals surface area contributed by atoms with Crippen LogP contribution in [0.25, 0.3) is 0 Å². The largest absolute Gasteiger partial charge is 0.363 e. The van der Waals surface area contributed by atoms with Crippen molar-refractivity contribution in [2.45, 2.75) is 6.29 Å². The molecule has 0 fully saturated rings. The SMILES string of the molecule is C=CC(=O)Nc1cc(C(O)O)nn1C. The summed E-state index contributed by atoms with van der Waals surface area (Å²) in [4.78, 5) is 10.9. The van der Waals surface area contributed by atoms with Crippen molar-refractivity contribution >= 4 is 11.7 Å². The van der Waals surface area contributed by atoms with Gasteiger partial charge in [-0.05, 0) is 6.08 Å². The number of carbonyl (C=O) groups excluding carboxylic acids is 1. The molecular weight excluding hydrogens is 186 g/mol. The molecular formula is C8H11N3O3. The minimum absolute atomic E-state index is 0.0758. The molecule has 1 rings (SSSR count). The summed E-state index contributed by atoms with van der Waals surface area (Å²) in [6, 6.07) is 1.37. The molecule has 6 heteroatoms. The lowest BCUT2D eigenvalue weighted by atomic mass is 10.4. The Bertz CT molecular complexity index is 357. The maximum atomic E-state index is 10.9. The molecule has 0 radical (unpaired) electrons. The van der Waals surface area contributed by atoms with Crippen LogP contribution in [-0.4, -0.2) is 25.9 Å². The van der Waals surface area contributed by atoms with E-state index in [1.54, 1.807) is 7.05 Å². The summed E-state index contributed by atoms with van der Waals surface area (Å²) in [5.41, 5.74) is 0.0758. The van der Waals surface area contributed by atoms with Crippen LogP contribution in [0.5, 0.6) is 0 Å². The van der Waals surface area contributed by atoms with Crippen molar-refractivity contribution < 1.29 is 15.0 Å². The molecule has 6 nitrogen and oxygen atoms in total. The first-order valence-electron chi connectivity index (χ1n) is 3.88. The Hall–Kier alpha value is -1.66. The van der Waals surface area contributed by atoms with Gasteiger partial charge >= 0.3 is 0 Å². The topological polar surface area (TPSA) is 87.4 Å². The Balaban J connectivity index is 2.87. The Morgan fingerprint density at radius 3 is 2.86 bits per heavy atom. The molecule has 0 unspecified atom stereocenters. The summed E-state index contributed by atoms with van der Waals surface area (Å²) in [5.74, 6) is -0.00928. The lowest BCUT2D eigenvalue weighted by molar-refractivity contribution is -0.111. The van der Waals surface area contributed by atoms with Crippen LogP contribution in [0.4, 0.5) is 5.82 Å². The van der Waals surface area contributed by atoms with Gasteiger partial charge in [-0.15, -0.1) is 0 Å². The fraction of sp³-hybridized carbons (Fsp3) is 0.250. The van der Waals surface area contributed by atoms with Crippen LogP contribution in [-0.2, 0) is 11.8 Å². The average Bonchev–Trinajstić information content (AvgIpc) is 2.48. The van der Waals surface area contributed by atoms with Gasteiger partial charge in [0.25, 0.3) is 0 Å². The van der Waals surface area contributed by atoms with Crippen molar-refractivity contribution in [2.75, 3.05) is 5.32 Å². The molecule has 76 valence electrons. The number of aliphatic hydroxyl groups excluding tert-OH is 1. The molecule has 0 bridgehead atoms. The molecule has 1 aromatic heterocycles. The van der Waals surface area contributed by atoms with Gasteiger partial charge in [0, 0.05) is 13.1 Å². The second kappa shape index (κ2) is 4.03. The summed E-state index contributed by atoms with van der Waals surface area (Å²) in [5, 5.41) is 23.8. The van der Waals surface area contributed by atoms with Crippen molar-refractivity contribution in [1.82, 2.24) is 9.78 Å². The smallest absolute Gasteiger partial charge is 0.248 e. The van der Waals surface area contributed by atoms with Crippen LogP contribution in [0.1, 0.15) is 12.0 Å². The summed E-state index contributed by atoms with van der Waals surface area (Å²) in [6.07, 6.45) is -0.530. The molecule has 0 aliphatic rings. The van der Waals surface area contributed by atoms with Crippen molar-refractivity contribution in [1.29, 1.82) is 0 Å². The zero-order valence-electron chi connectivity index (χ0n) is 7.64. The second-order valence-electron chi connectivity index (χ2n) is 2.65. The summed E-state index contributed by atoms with van der Waals surface area (Å²) < 4.78 is 1.33. The number of hydrogen-bond donors (Lipinski definition) is 3. The third kappa shape index (κ3) is 2.18. The van der Waals surface area contributed by atoms with Crippen molar-refractivity contribution in [3.8, 4) is 0 Å². The van der Waals surface area contributed by atoms with Gasteiger partial charge in [0.2, 0.25) is 5.91 Å². The van der Waals surface area contributed by atoms with Crippen LogP contribution in [0.15, 0.2) is 18.7 Å². The normalized spacial score (nSPS) is 10.3. The number of anilines is 1. The minimum Gasteiger partial charge on any atom is -0.363 e. The Kier molecular flexibility index (Phi) is 3.00. The number of nitrogens with zero attached hydrogens (tertiary/aromatic N) is 2. The van der Waals surface area contributed by atoms with Gasteiger partial charge < -0.3 is 15.5 Å². The molecule has 0 saturated carbocycles. The van der Waals surface area contributed by atoms with E-state index in [-0.39, 0.29) is 11.6 Å². The number of amides is 1. The zero-order valence-corrected chi connectivity index (χ0v) is 7.64. The van der Waals surface area contributed by atoms with Crippen molar-refractivity contribution in [3.63, 3.8) is 0 Å². The van der Waals surface area contributed by atoms with E-state index in [1.807, 2.05) is 0 Å². The third-order valence-corrected chi connectivity index (χ3v) is 1.60. The number of aromatic nitrogens is 2. The van der Waals surface area contributed by atoms with Gasteiger partial charge in [-0.2, -0.15) is 5.10 Å². The number of nitrogens with one attached hydrogen (secondary N) is 1. The van der Waals surface area contributed by atoms with Gasteiger partial charge in [0.15, 0.2) is 6.29 Å². The van der Waals surface area contributed by atoms with Crippen molar-refractivity contribution in [3.05, 3.63) is 24.4 Å². The van der Waals surface area contributed by atoms with Crippen LogP contribution >= 0.6 is 0 Å². The number of carbonyl (C=O) groups is 1. The first-order valence-corrected chi connectivity index (χ1v) is 3.88. The molecule has 0 aliphatic carbocycles. The first-order chi connectivity index (χ1) is 6.54. The van der Waals surface area contributed by atoms with E-state index in [1.165, 1.54) is 10.7 Å². The van der Waals surface area contributed by atoms with Gasteiger partial charge in [0.05, 0.1) is 0 Å².